The number of hydrogen-bond donors (Lipinski definition) is 1. The molecule has 1 amide bonds. The van der Waals surface area contributed by atoms with Gasteiger partial charge in [-0.05, 0) is 48.7 Å². The van der Waals surface area contributed by atoms with Gasteiger partial charge in [-0.3, -0.25) is 4.79 Å². The summed E-state index contributed by atoms with van der Waals surface area (Å²) in [5.74, 6) is 2.07. The lowest BCUT2D eigenvalue weighted by Crippen LogP contribution is -2.34. The van der Waals surface area contributed by atoms with Gasteiger partial charge in [0.05, 0.1) is 10.7 Å². The molecule has 1 aromatic heterocycles. The van der Waals surface area contributed by atoms with E-state index < -0.39 is 0 Å². The number of benzene rings is 2. The minimum atomic E-state index is -0.254. The maximum Gasteiger partial charge on any atom is 0.267 e. The number of carbonyl (C=O) groups excluding carboxylic acids is 1. The zero-order valence-corrected chi connectivity index (χ0v) is 19.2. The van der Waals surface area contributed by atoms with Gasteiger partial charge in [0.15, 0.2) is 0 Å². The monoisotopic (exact) mass is 455 g/mol. The van der Waals surface area contributed by atoms with Crippen LogP contribution in [0.2, 0.25) is 0 Å². The quantitative estimate of drug-likeness (QED) is 0.543. The number of aromatic nitrogens is 1. The van der Waals surface area contributed by atoms with Gasteiger partial charge in [-0.15, -0.1) is 11.3 Å². The second kappa shape index (κ2) is 10.4. The van der Waals surface area contributed by atoms with Gasteiger partial charge in [0, 0.05) is 43.2 Å². The normalized spacial score (nSPS) is 14.5. The summed E-state index contributed by atoms with van der Waals surface area (Å²) in [6.07, 6.45) is 1.61. The highest BCUT2D eigenvalue weighted by atomic mass is 32.2. The molecule has 1 N–H and O–H groups in total. The number of thioether (sulfide) groups is 1. The smallest absolute Gasteiger partial charge is 0.267 e. The summed E-state index contributed by atoms with van der Waals surface area (Å²) in [6, 6.07) is 14.5. The van der Waals surface area contributed by atoms with Crippen molar-refractivity contribution in [2.75, 3.05) is 36.5 Å². The van der Waals surface area contributed by atoms with E-state index in [-0.39, 0.29) is 11.7 Å². The van der Waals surface area contributed by atoms with E-state index in [1.807, 2.05) is 30.8 Å². The molecule has 0 radical (unpaired) electrons. The third kappa shape index (κ3) is 6.15. The van der Waals surface area contributed by atoms with Gasteiger partial charge in [-0.2, -0.15) is 11.8 Å². The first kappa shape index (κ1) is 22.0. The molecule has 4 nitrogen and oxygen atoms in total. The molecule has 3 aromatic rings. The van der Waals surface area contributed by atoms with E-state index >= 15 is 0 Å². The second-order valence-electron chi connectivity index (χ2n) is 7.68. The lowest BCUT2D eigenvalue weighted by molar-refractivity contribution is 0.103. The molecule has 0 atom stereocenters. The molecule has 2 heterocycles. The van der Waals surface area contributed by atoms with Gasteiger partial charge >= 0.3 is 0 Å². The van der Waals surface area contributed by atoms with Crippen molar-refractivity contribution >= 4 is 34.7 Å². The summed E-state index contributed by atoms with van der Waals surface area (Å²) >= 11 is 3.42. The fourth-order valence-corrected chi connectivity index (χ4v) is 5.54. The maximum absolute atomic E-state index is 13.1. The van der Waals surface area contributed by atoms with Gasteiger partial charge in [0.1, 0.15) is 10.7 Å². The SMILES string of the molecule is Cc1nc(Cc2ccc(F)cc2)sc1C(=O)Nc1ccc(CCN2CCSCC2)cc1. The Balaban J connectivity index is 1.33. The van der Waals surface area contributed by atoms with Crippen molar-refractivity contribution in [2.45, 2.75) is 19.8 Å². The Morgan fingerprint density at radius 1 is 1.06 bits per heavy atom. The van der Waals surface area contributed by atoms with Crippen molar-refractivity contribution < 1.29 is 9.18 Å². The van der Waals surface area contributed by atoms with E-state index in [1.54, 1.807) is 12.1 Å². The van der Waals surface area contributed by atoms with Crippen molar-refractivity contribution in [1.29, 1.82) is 0 Å². The van der Waals surface area contributed by atoms with Crippen LogP contribution in [-0.4, -0.2) is 46.9 Å². The summed E-state index contributed by atoms with van der Waals surface area (Å²) in [4.78, 5) is 20.4. The van der Waals surface area contributed by atoms with Crippen LogP contribution < -0.4 is 5.32 Å². The van der Waals surface area contributed by atoms with Crippen LogP contribution in [0.25, 0.3) is 0 Å². The van der Waals surface area contributed by atoms with E-state index in [0.717, 1.165) is 34.9 Å². The number of hydrogen-bond acceptors (Lipinski definition) is 5. The molecule has 2 aromatic carbocycles. The number of nitrogens with one attached hydrogen (secondary N) is 1. The molecule has 1 fully saturated rings. The molecule has 31 heavy (non-hydrogen) atoms. The average Bonchev–Trinajstić information content (AvgIpc) is 3.15. The van der Waals surface area contributed by atoms with Crippen LogP contribution in [0.1, 0.15) is 31.5 Å². The highest BCUT2D eigenvalue weighted by Gasteiger charge is 2.16. The van der Waals surface area contributed by atoms with Gasteiger partial charge < -0.3 is 10.2 Å². The summed E-state index contributed by atoms with van der Waals surface area (Å²) in [6.45, 7) is 5.29. The van der Waals surface area contributed by atoms with Crippen LogP contribution >= 0.6 is 23.1 Å². The Bertz CT molecular complexity index is 1010. The van der Waals surface area contributed by atoms with Crippen molar-refractivity contribution in [3.05, 3.63) is 81.1 Å². The van der Waals surface area contributed by atoms with E-state index in [0.29, 0.717) is 11.3 Å². The molecule has 1 aliphatic heterocycles. The Morgan fingerprint density at radius 3 is 2.45 bits per heavy atom. The Labute approximate surface area is 190 Å². The number of carbonyl (C=O) groups is 1. The standard InChI is InChI=1S/C24H26FN3OS2/c1-17-23(31-22(26-17)16-19-2-6-20(25)7-3-19)24(29)27-21-8-4-18(5-9-21)10-11-28-12-14-30-15-13-28/h2-9H,10-16H2,1H3,(H,27,29). The lowest BCUT2D eigenvalue weighted by atomic mass is 10.1. The number of halogens is 1. The summed E-state index contributed by atoms with van der Waals surface area (Å²) in [7, 11) is 0. The fraction of sp³-hybridized carbons (Fsp3) is 0.333. The van der Waals surface area contributed by atoms with Gasteiger partial charge in [0.2, 0.25) is 0 Å². The zero-order chi connectivity index (χ0) is 21.6. The van der Waals surface area contributed by atoms with Crippen LogP contribution in [0.15, 0.2) is 48.5 Å². The number of anilines is 1. The number of nitrogens with zero attached hydrogens (tertiary/aromatic N) is 2. The van der Waals surface area contributed by atoms with Crippen molar-refractivity contribution in [3.63, 3.8) is 0 Å². The van der Waals surface area contributed by atoms with E-state index in [4.69, 9.17) is 0 Å². The molecule has 0 saturated carbocycles. The predicted octanol–water partition coefficient (Wildman–Crippen LogP) is 5.03. The Kier molecular flexibility index (Phi) is 7.37. The van der Waals surface area contributed by atoms with E-state index in [9.17, 15) is 9.18 Å². The molecule has 1 saturated heterocycles. The predicted molar refractivity (Wildman–Crippen MR) is 128 cm³/mol. The summed E-state index contributed by atoms with van der Waals surface area (Å²) in [5, 5.41) is 3.83. The number of thiazole rings is 1. The highest BCUT2D eigenvalue weighted by molar-refractivity contribution is 7.99. The van der Waals surface area contributed by atoms with Gasteiger partial charge in [0.25, 0.3) is 5.91 Å². The molecule has 0 bridgehead atoms. The topological polar surface area (TPSA) is 45.2 Å². The number of aryl methyl sites for hydroxylation is 1. The molecular formula is C24H26FN3OS2. The third-order valence-corrected chi connectivity index (χ3v) is 7.45. The van der Waals surface area contributed by atoms with Crippen LogP contribution in [0.5, 0.6) is 0 Å². The molecule has 7 heteroatoms. The lowest BCUT2D eigenvalue weighted by Gasteiger charge is -2.26. The van der Waals surface area contributed by atoms with Crippen LogP contribution in [0.3, 0.4) is 0 Å². The first-order valence-electron chi connectivity index (χ1n) is 10.5. The zero-order valence-electron chi connectivity index (χ0n) is 17.6. The minimum Gasteiger partial charge on any atom is -0.321 e. The number of rotatable bonds is 7. The Hall–Kier alpha value is -2.22. The van der Waals surface area contributed by atoms with Crippen LogP contribution in [0, 0.1) is 12.7 Å². The van der Waals surface area contributed by atoms with Crippen LogP contribution in [0.4, 0.5) is 10.1 Å². The molecule has 0 spiro atoms. The van der Waals surface area contributed by atoms with Gasteiger partial charge in [-0.25, -0.2) is 9.37 Å². The van der Waals surface area contributed by atoms with Crippen molar-refractivity contribution in [1.82, 2.24) is 9.88 Å². The van der Waals surface area contributed by atoms with E-state index in [2.05, 4.69) is 27.3 Å². The summed E-state index contributed by atoms with van der Waals surface area (Å²) < 4.78 is 13.1. The maximum atomic E-state index is 13.1. The third-order valence-electron chi connectivity index (χ3n) is 5.35. The summed E-state index contributed by atoms with van der Waals surface area (Å²) in [5.41, 5.74) is 3.76. The minimum absolute atomic E-state index is 0.140. The van der Waals surface area contributed by atoms with Crippen molar-refractivity contribution in [3.8, 4) is 0 Å². The first-order chi connectivity index (χ1) is 15.1. The number of amides is 1. The molecule has 1 aliphatic rings. The van der Waals surface area contributed by atoms with Gasteiger partial charge in [-0.1, -0.05) is 24.3 Å². The molecule has 0 unspecified atom stereocenters. The van der Waals surface area contributed by atoms with Crippen molar-refractivity contribution in [2.24, 2.45) is 0 Å². The first-order valence-corrected chi connectivity index (χ1v) is 12.4. The van der Waals surface area contributed by atoms with Crippen LogP contribution in [-0.2, 0) is 12.8 Å². The average molecular weight is 456 g/mol. The fourth-order valence-electron chi connectivity index (χ4n) is 3.57. The molecule has 0 aliphatic carbocycles. The highest BCUT2D eigenvalue weighted by Crippen LogP contribution is 2.23. The second-order valence-corrected chi connectivity index (χ2v) is 9.99. The Morgan fingerprint density at radius 2 is 1.74 bits per heavy atom. The largest absolute Gasteiger partial charge is 0.321 e. The molecular weight excluding hydrogens is 429 g/mol. The molecule has 162 valence electrons. The molecule has 4 rings (SSSR count). The van der Waals surface area contributed by atoms with E-state index in [1.165, 1.54) is 53.6 Å².